The second-order valence-electron chi connectivity index (χ2n) is 5.38. The molecule has 0 aliphatic heterocycles. The minimum Gasteiger partial charge on any atom is -0.331 e. The average molecular weight is 211 g/mol. The van der Waals surface area contributed by atoms with Crippen LogP contribution in [0.25, 0.3) is 0 Å². The number of hydrogen-bond acceptors (Lipinski definition) is 1. The van der Waals surface area contributed by atoms with Gasteiger partial charge in [0.1, 0.15) is 6.67 Å². The van der Waals surface area contributed by atoms with Crippen molar-refractivity contribution in [1.82, 2.24) is 5.32 Å². The van der Waals surface area contributed by atoms with E-state index in [1.54, 1.807) is 0 Å². The lowest BCUT2D eigenvalue weighted by Gasteiger charge is -2.24. The van der Waals surface area contributed by atoms with Crippen LogP contribution in [0.3, 0.4) is 0 Å². The Labute approximate surface area is 94.2 Å². The van der Waals surface area contributed by atoms with E-state index in [2.05, 4.69) is 10.6 Å². The minimum atomic E-state index is 0.832. The highest BCUT2D eigenvalue weighted by Gasteiger charge is 2.17. The fourth-order valence-corrected chi connectivity index (χ4v) is 3.08. The molecule has 15 heavy (non-hydrogen) atoms. The average Bonchev–Trinajstić information content (AvgIpc) is 2.32. The Kier molecular flexibility index (Phi) is 4.94. The Morgan fingerprint density at radius 2 is 1.40 bits per heavy atom. The molecule has 0 amide bonds. The third kappa shape index (κ3) is 4.12. The number of rotatable bonds is 4. The molecule has 0 unspecified atom stereocenters. The highest BCUT2D eigenvalue weighted by molar-refractivity contribution is 4.70. The van der Waals surface area contributed by atoms with E-state index in [0.29, 0.717) is 0 Å². The van der Waals surface area contributed by atoms with E-state index in [0.717, 1.165) is 18.8 Å². The Hall–Kier alpha value is -0.0800. The molecule has 0 bridgehead atoms. The van der Waals surface area contributed by atoms with Gasteiger partial charge in [0, 0.05) is 6.04 Å². The zero-order chi connectivity index (χ0) is 10.3. The SMILES string of the molecule is C1CCC(NC[NH2+]C2CCCCC2)CC1. The van der Waals surface area contributed by atoms with Gasteiger partial charge in [-0.1, -0.05) is 25.7 Å². The maximum Gasteiger partial charge on any atom is 0.129 e. The van der Waals surface area contributed by atoms with Crippen molar-refractivity contribution in [1.29, 1.82) is 0 Å². The van der Waals surface area contributed by atoms with E-state index in [9.17, 15) is 0 Å². The second kappa shape index (κ2) is 6.49. The summed E-state index contributed by atoms with van der Waals surface area (Å²) in [6.07, 6.45) is 14.5. The Bertz CT molecular complexity index is 140. The van der Waals surface area contributed by atoms with E-state index in [-0.39, 0.29) is 0 Å². The monoisotopic (exact) mass is 211 g/mol. The van der Waals surface area contributed by atoms with Crippen molar-refractivity contribution in [2.45, 2.75) is 76.3 Å². The van der Waals surface area contributed by atoms with Gasteiger partial charge in [0.05, 0.1) is 6.04 Å². The quantitative estimate of drug-likeness (QED) is 0.682. The van der Waals surface area contributed by atoms with Crippen molar-refractivity contribution in [2.24, 2.45) is 0 Å². The van der Waals surface area contributed by atoms with Gasteiger partial charge in [-0.2, -0.15) is 0 Å². The van der Waals surface area contributed by atoms with E-state index in [4.69, 9.17) is 0 Å². The van der Waals surface area contributed by atoms with Gasteiger partial charge in [-0.15, -0.1) is 0 Å². The highest BCUT2D eigenvalue weighted by atomic mass is 15.1. The molecule has 3 N–H and O–H groups in total. The fourth-order valence-electron chi connectivity index (χ4n) is 3.08. The van der Waals surface area contributed by atoms with Crippen molar-refractivity contribution in [3.63, 3.8) is 0 Å². The molecule has 2 rings (SSSR count). The summed E-state index contributed by atoms with van der Waals surface area (Å²) in [4.78, 5) is 0. The number of nitrogens with two attached hydrogens (primary N) is 1. The van der Waals surface area contributed by atoms with E-state index in [1.807, 2.05) is 0 Å². The van der Waals surface area contributed by atoms with Gasteiger partial charge < -0.3 is 5.32 Å². The van der Waals surface area contributed by atoms with Crippen molar-refractivity contribution in [2.75, 3.05) is 6.67 Å². The molecule has 2 aliphatic carbocycles. The van der Waals surface area contributed by atoms with Gasteiger partial charge >= 0.3 is 0 Å². The van der Waals surface area contributed by atoms with Gasteiger partial charge in [0.15, 0.2) is 0 Å². The molecule has 0 atom stereocenters. The zero-order valence-electron chi connectivity index (χ0n) is 10.0. The van der Waals surface area contributed by atoms with Crippen LogP contribution in [0.4, 0.5) is 0 Å². The van der Waals surface area contributed by atoms with Crippen molar-refractivity contribution in [3.8, 4) is 0 Å². The molecule has 0 aromatic rings. The van der Waals surface area contributed by atoms with Crippen LogP contribution in [0, 0.1) is 0 Å². The number of quaternary nitrogens is 1. The van der Waals surface area contributed by atoms with Crippen LogP contribution < -0.4 is 10.6 Å². The van der Waals surface area contributed by atoms with Gasteiger partial charge in [0.25, 0.3) is 0 Å². The number of nitrogens with one attached hydrogen (secondary N) is 1. The maximum atomic E-state index is 3.71. The highest BCUT2D eigenvalue weighted by Crippen LogP contribution is 2.17. The molecular formula is C13H27N2+. The zero-order valence-corrected chi connectivity index (χ0v) is 10.0. The van der Waals surface area contributed by atoms with Gasteiger partial charge in [0.2, 0.25) is 0 Å². The first-order chi connectivity index (χ1) is 7.45. The van der Waals surface area contributed by atoms with Crippen LogP contribution in [0.2, 0.25) is 0 Å². The Morgan fingerprint density at radius 3 is 2.07 bits per heavy atom. The van der Waals surface area contributed by atoms with E-state index < -0.39 is 0 Å². The van der Waals surface area contributed by atoms with Crippen molar-refractivity contribution < 1.29 is 5.32 Å². The predicted octanol–water partition coefficient (Wildman–Crippen LogP) is 1.76. The summed E-state index contributed by atoms with van der Waals surface area (Å²) in [6, 6.07) is 1.76. The standard InChI is InChI=1S/C13H26N2/c1-3-7-12(8-4-1)14-11-15-13-9-5-2-6-10-13/h12-15H,1-11H2/p+1. The summed E-state index contributed by atoms with van der Waals surface area (Å²) in [5.74, 6) is 0. The lowest BCUT2D eigenvalue weighted by atomic mass is 9.95. The maximum absolute atomic E-state index is 3.71. The first kappa shape index (κ1) is 11.4. The lowest BCUT2D eigenvalue weighted by Crippen LogP contribution is -2.93. The molecule has 0 heterocycles. The van der Waals surface area contributed by atoms with Crippen LogP contribution in [0.5, 0.6) is 0 Å². The van der Waals surface area contributed by atoms with Gasteiger partial charge in [-0.25, -0.2) is 0 Å². The topological polar surface area (TPSA) is 28.6 Å². The lowest BCUT2D eigenvalue weighted by molar-refractivity contribution is -0.696. The molecule has 2 fully saturated rings. The minimum absolute atomic E-state index is 0.832. The van der Waals surface area contributed by atoms with Crippen LogP contribution in [0.15, 0.2) is 0 Å². The molecule has 2 saturated carbocycles. The first-order valence-electron chi connectivity index (χ1n) is 7.02. The molecule has 2 aliphatic rings. The largest absolute Gasteiger partial charge is 0.331 e. The van der Waals surface area contributed by atoms with Gasteiger partial charge in [-0.3, -0.25) is 5.32 Å². The first-order valence-corrected chi connectivity index (χ1v) is 7.02. The summed E-state index contributed by atoms with van der Waals surface area (Å²) in [6.45, 7) is 1.16. The van der Waals surface area contributed by atoms with Crippen LogP contribution in [-0.2, 0) is 0 Å². The van der Waals surface area contributed by atoms with Crippen LogP contribution in [0.1, 0.15) is 64.2 Å². The summed E-state index contributed by atoms with van der Waals surface area (Å²) in [5.41, 5.74) is 0. The summed E-state index contributed by atoms with van der Waals surface area (Å²) >= 11 is 0. The van der Waals surface area contributed by atoms with E-state index in [1.165, 1.54) is 64.2 Å². The molecule has 2 nitrogen and oxygen atoms in total. The Morgan fingerprint density at radius 1 is 0.800 bits per heavy atom. The van der Waals surface area contributed by atoms with E-state index >= 15 is 0 Å². The molecular weight excluding hydrogens is 184 g/mol. The molecule has 2 heteroatoms. The molecule has 0 spiro atoms. The molecule has 88 valence electrons. The summed E-state index contributed by atoms with van der Waals surface area (Å²) < 4.78 is 0. The normalized spacial score (nSPS) is 25.6. The van der Waals surface area contributed by atoms with Gasteiger partial charge in [-0.05, 0) is 38.5 Å². The predicted molar refractivity (Wildman–Crippen MR) is 63.7 cm³/mol. The molecule has 0 aromatic heterocycles. The molecule has 0 radical (unpaired) electrons. The smallest absolute Gasteiger partial charge is 0.129 e. The number of hydrogen-bond donors (Lipinski definition) is 2. The van der Waals surface area contributed by atoms with Crippen molar-refractivity contribution in [3.05, 3.63) is 0 Å². The third-order valence-corrected chi connectivity index (χ3v) is 4.11. The molecule has 0 saturated heterocycles. The van der Waals surface area contributed by atoms with Crippen molar-refractivity contribution >= 4 is 0 Å². The second-order valence-corrected chi connectivity index (χ2v) is 5.38. The summed E-state index contributed by atoms with van der Waals surface area (Å²) in [5, 5.41) is 6.26. The van der Waals surface area contributed by atoms with Crippen LogP contribution >= 0.6 is 0 Å². The fraction of sp³-hybridized carbons (Fsp3) is 1.00. The summed E-state index contributed by atoms with van der Waals surface area (Å²) in [7, 11) is 0. The Balaban J connectivity index is 1.53. The van der Waals surface area contributed by atoms with Crippen LogP contribution in [-0.4, -0.2) is 18.8 Å². The molecule has 0 aromatic carbocycles. The third-order valence-electron chi connectivity index (χ3n) is 4.11.